The molecule has 108 valence electrons. The van der Waals surface area contributed by atoms with Crippen molar-refractivity contribution in [3.8, 4) is 0 Å². The van der Waals surface area contributed by atoms with E-state index in [4.69, 9.17) is 0 Å². The van der Waals surface area contributed by atoms with Crippen LogP contribution in [-0.4, -0.2) is 29.0 Å². The second-order valence-electron chi connectivity index (χ2n) is 4.43. The fourth-order valence-corrected chi connectivity index (χ4v) is 2.21. The molecule has 1 atom stereocenters. The fourth-order valence-electron chi connectivity index (χ4n) is 2.21. The number of anilines is 1. The molecule has 3 heterocycles. The lowest BCUT2D eigenvalue weighted by Gasteiger charge is -2.11. The van der Waals surface area contributed by atoms with Gasteiger partial charge in [0.25, 0.3) is 0 Å². The Morgan fingerprint density at radius 1 is 1.30 bits per heavy atom. The number of nitrogens with zero attached hydrogens (tertiary/aromatic N) is 2. The lowest BCUT2D eigenvalue weighted by Crippen LogP contribution is -2.24. The first-order chi connectivity index (χ1) is 8.84. The minimum Gasteiger partial charge on any atom is -0.325 e. The highest BCUT2D eigenvalue weighted by Crippen LogP contribution is 2.21. The Bertz CT molecular complexity index is 582. The van der Waals surface area contributed by atoms with Gasteiger partial charge in [-0.05, 0) is 25.1 Å². The molecule has 0 radical (unpaired) electrons. The van der Waals surface area contributed by atoms with Gasteiger partial charge in [-0.1, -0.05) is 0 Å². The van der Waals surface area contributed by atoms with Crippen LogP contribution in [0, 0.1) is 5.92 Å². The van der Waals surface area contributed by atoms with Gasteiger partial charge < -0.3 is 10.6 Å². The summed E-state index contributed by atoms with van der Waals surface area (Å²) in [6.45, 7) is 1.67. The van der Waals surface area contributed by atoms with Crippen LogP contribution in [0.4, 0.5) is 5.69 Å². The molecular formula is C13H16Cl2N4O. The van der Waals surface area contributed by atoms with Crippen LogP contribution in [-0.2, 0) is 4.79 Å². The minimum absolute atomic E-state index is 0. The summed E-state index contributed by atoms with van der Waals surface area (Å²) in [5.74, 6) is 0.126. The van der Waals surface area contributed by atoms with Crippen molar-refractivity contribution in [3.63, 3.8) is 0 Å². The summed E-state index contributed by atoms with van der Waals surface area (Å²) in [7, 11) is 0. The van der Waals surface area contributed by atoms with Crippen LogP contribution in [0.3, 0.4) is 0 Å². The summed E-state index contributed by atoms with van der Waals surface area (Å²) < 4.78 is 0. The molecular weight excluding hydrogens is 299 g/mol. The second kappa shape index (κ2) is 7.38. The van der Waals surface area contributed by atoms with Gasteiger partial charge in [0.15, 0.2) is 0 Å². The van der Waals surface area contributed by atoms with Gasteiger partial charge in [-0.25, -0.2) is 0 Å². The third-order valence-corrected chi connectivity index (χ3v) is 3.23. The first-order valence-corrected chi connectivity index (χ1v) is 6.05. The van der Waals surface area contributed by atoms with Crippen molar-refractivity contribution in [2.75, 3.05) is 18.4 Å². The molecule has 1 unspecified atom stereocenters. The molecule has 1 saturated heterocycles. The number of rotatable bonds is 2. The Kier molecular flexibility index (Phi) is 6.13. The molecule has 1 fully saturated rings. The van der Waals surface area contributed by atoms with Crippen LogP contribution in [0.1, 0.15) is 6.42 Å². The van der Waals surface area contributed by atoms with E-state index in [1.54, 1.807) is 18.6 Å². The fraction of sp³-hybridized carbons (Fsp3) is 0.308. The Morgan fingerprint density at radius 3 is 2.90 bits per heavy atom. The van der Waals surface area contributed by atoms with Gasteiger partial charge in [0.1, 0.15) is 0 Å². The second-order valence-corrected chi connectivity index (χ2v) is 4.43. The summed E-state index contributed by atoms with van der Waals surface area (Å²) in [5, 5.41) is 7.03. The largest absolute Gasteiger partial charge is 0.325 e. The predicted molar refractivity (Wildman–Crippen MR) is 83.6 cm³/mol. The quantitative estimate of drug-likeness (QED) is 0.890. The SMILES string of the molecule is Cl.Cl.O=C(Nc1ccnc2ccncc12)C1CCNC1. The summed E-state index contributed by atoms with van der Waals surface area (Å²) in [6.07, 6.45) is 6.02. The van der Waals surface area contributed by atoms with Crippen LogP contribution in [0.15, 0.2) is 30.7 Å². The zero-order chi connectivity index (χ0) is 12.4. The molecule has 2 aromatic rings. The Labute approximate surface area is 129 Å². The molecule has 0 aromatic carbocycles. The maximum absolute atomic E-state index is 12.1. The molecule has 0 aliphatic carbocycles. The normalized spacial score (nSPS) is 17.1. The zero-order valence-electron chi connectivity index (χ0n) is 10.7. The van der Waals surface area contributed by atoms with E-state index < -0.39 is 0 Å². The summed E-state index contributed by atoms with van der Waals surface area (Å²) in [6, 6.07) is 3.65. The van der Waals surface area contributed by atoms with Gasteiger partial charge >= 0.3 is 0 Å². The third-order valence-electron chi connectivity index (χ3n) is 3.23. The smallest absolute Gasteiger partial charge is 0.228 e. The average Bonchev–Trinajstić information content (AvgIpc) is 2.93. The van der Waals surface area contributed by atoms with Crippen molar-refractivity contribution in [2.24, 2.45) is 5.92 Å². The van der Waals surface area contributed by atoms with Crippen molar-refractivity contribution in [1.29, 1.82) is 0 Å². The lowest BCUT2D eigenvalue weighted by atomic mass is 10.1. The number of carbonyl (C=O) groups excluding carboxylic acids is 1. The Hall–Kier alpha value is -1.43. The molecule has 2 N–H and O–H groups in total. The van der Waals surface area contributed by atoms with E-state index in [0.717, 1.165) is 36.1 Å². The van der Waals surface area contributed by atoms with Crippen molar-refractivity contribution >= 4 is 47.3 Å². The maximum atomic E-state index is 12.1. The molecule has 20 heavy (non-hydrogen) atoms. The molecule has 7 heteroatoms. The highest BCUT2D eigenvalue weighted by molar-refractivity contribution is 6.01. The summed E-state index contributed by atoms with van der Waals surface area (Å²) in [4.78, 5) is 20.4. The van der Waals surface area contributed by atoms with Crippen LogP contribution < -0.4 is 10.6 Å². The summed E-state index contributed by atoms with van der Waals surface area (Å²) in [5.41, 5.74) is 1.62. The van der Waals surface area contributed by atoms with Gasteiger partial charge in [0, 0.05) is 30.5 Å². The number of hydrogen-bond donors (Lipinski definition) is 2. The molecule has 1 aliphatic rings. The van der Waals surface area contributed by atoms with Gasteiger partial charge in [0.2, 0.25) is 5.91 Å². The molecule has 0 bridgehead atoms. The topological polar surface area (TPSA) is 66.9 Å². The lowest BCUT2D eigenvalue weighted by molar-refractivity contribution is -0.119. The van der Waals surface area contributed by atoms with Gasteiger partial charge in [0.05, 0.1) is 17.1 Å². The van der Waals surface area contributed by atoms with Crippen LogP contribution >= 0.6 is 24.8 Å². The van der Waals surface area contributed by atoms with Gasteiger partial charge in [-0.2, -0.15) is 0 Å². The number of hydrogen-bond acceptors (Lipinski definition) is 4. The van der Waals surface area contributed by atoms with E-state index in [2.05, 4.69) is 20.6 Å². The Balaban J connectivity index is 0.000001000. The number of amides is 1. The molecule has 3 rings (SSSR count). The van der Waals surface area contributed by atoms with Crippen molar-refractivity contribution in [3.05, 3.63) is 30.7 Å². The average molecular weight is 315 g/mol. The van der Waals surface area contributed by atoms with Crippen molar-refractivity contribution in [1.82, 2.24) is 15.3 Å². The van der Waals surface area contributed by atoms with Gasteiger partial charge in [-0.3, -0.25) is 14.8 Å². The van der Waals surface area contributed by atoms with E-state index in [0.29, 0.717) is 0 Å². The molecule has 5 nitrogen and oxygen atoms in total. The highest BCUT2D eigenvalue weighted by atomic mass is 35.5. The number of carbonyl (C=O) groups is 1. The van der Waals surface area contributed by atoms with Crippen molar-refractivity contribution in [2.45, 2.75) is 6.42 Å². The number of pyridine rings is 2. The molecule has 1 amide bonds. The standard InChI is InChI=1S/C13H14N4O.2ClH/c18-13(9-1-4-14-7-9)17-12-3-6-16-11-2-5-15-8-10(11)12;;/h2-3,5-6,8-9,14H,1,4,7H2,(H,16,17,18);2*1H. The first kappa shape index (κ1) is 16.6. The molecule has 0 saturated carbocycles. The number of aromatic nitrogens is 2. The molecule has 0 spiro atoms. The van der Waals surface area contributed by atoms with Crippen LogP contribution in [0.5, 0.6) is 0 Å². The van der Waals surface area contributed by atoms with E-state index in [-0.39, 0.29) is 36.6 Å². The van der Waals surface area contributed by atoms with Gasteiger partial charge in [-0.15, -0.1) is 24.8 Å². The minimum atomic E-state index is 0. The number of halogens is 2. The van der Waals surface area contributed by atoms with Crippen LogP contribution in [0.25, 0.3) is 10.9 Å². The predicted octanol–water partition coefficient (Wildman–Crippen LogP) is 2.02. The molecule has 2 aromatic heterocycles. The third kappa shape index (κ3) is 3.36. The highest BCUT2D eigenvalue weighted by Gasteiger charge is 2.22. The van der Waals surface area contributed by atoms with E-state index in [1.807, 2.05) is 12.1 Å². The number of nitrogens with one attached hydrogen (secondary N) is 2. The zero-order valence-corrected chi connectivity index (χ0v) is 12.3. The monoisotopic (exact) mass is 314 g/mol. The van der Waals surface area contributed by atoms with E-state index in [1.165, 1.54) is 0 Å². The van der Waals surface area contributed by atoms with Crippen LogP contribution in [0.2, 0.25) is 0 Å². The maximum Gasteiger partial charge on any atom is 0.228 e. The van der Waals surface area contributed by atoms with E-state index in [9.17, 15) is 4.79 Å². The summed E-state index contributed by atoms with van der Waals surface area (Å²) >= 11 is 0. The number of fused-ring (bicyclic) bond motifs is 1. The molecule has 1 aliphatic heterocycles. The van der Waals surface area contributed by atoms with Crippen molar-refractivity contribution < 1.29 is 4.79 Å². The first-order valence-electron chi connectivity index (χ1n) is 6.05. The Morgan fingerprint density at radius 2 is 2.15 bits per heavy atom. The van der Waals surface area contributed by atoms with E-state index >= 15 is 0 Å².